The predicted molar refractivity (Wildman–Crippen MR) is 102 cm³/mol. The molecule has 2 aliphatic rings. The molecule has 4 rings (SSSR count). The molecule has 1 amide bonds. The van der Waals surface area contributed by atoms with Gasteiger partial charge in [-0.1, -0.05) is 6.07 Å². The molecular weight excluding hydrogens is 380 g/mol. The van der Waals surface area contributed by atoms with Crippen molar-refractivity contribution in [2.75, 3.05) is 39.4 Å². The number of thiophene rings is 1. The highest BCUT2D eigenvalue weighted by Crippen LogP contribution is 2.23. The summed E-state index contributed by atoms with van der Waals surface area (Å²) in [5.41, 5.74) is 0. The van der Waals surface area contributed by atoms with Crippen molar-refractivity contribution < 1.29 is 14.3 Å². The Bertz CT molecular complexity index is 802. The lowest BCUT2D eigenvalue weighted by Crippen LogP contribution is -2.44. The van der Waals surface area contributed by atoms with Gasteiger partial charge in [0.25, 0.3) is 0 Å². The summed E-state index contributed by atoms with van der Waals surface area (Å²) < 4.78 is 6.93. The summed E-state index contributed by atoms with van der Waals surface area (Å²) in [5.74, 6) is 0.652. The van der Waals surface area contributed by atoms with Crippen LogP contribution in [0.15, 0.2) is 17.5 Å². The van der Waals surface area contributed by atoms with E-state index in [1.807, 2.05) is 17.5 Å². The second-order valence-corrected chi connectivity index (χ2v) is 8.11. The molecule has 2 aliphatic heterocycles. The molecular formula is C18H24N6O3S. The van der Waals surface area contributed by atoms with E-state index in [2.05, 4.69) is 20.4 Å². The average molecular weight is 404 g/mol. The number of ether oxygens (including phenoxy) is 1. The number of amides is 1. The van der Waals surface area contributed by atoms with Crippen LogP contribution < -0.4 is 0 Å². The molecule has 1 atom stereocenters. The molecule has 150 valence electrons. The molecule has 2 aromatic rings. The van der Waals surface area contributed by atoms with Crippen LogP contribution in [0.4, 0.5) is 0 Å². The number of carbonyl (C=O) groups is 2. The number of Topliss-reactive ketones (excluding diaryl/α,β-unsaturated/α-hetero) is 1. The smallest absolute Gasteiger partial charge is 0.244 e. The number of morpholine rings is 1. The third kappa shape index (κ3) is 4.45. The molecule has 0 saturated carbocycles. The van der Waals surface area contributed by atoms with Gasteiger partial charge < -0.3 is 9.64 Å². The van der Waals surface area contributed by atoms with Gasteiger partial charge in [0.1, 0.15) is 6.54 Å². The number of aromatic nitrogens is 4. The van der Waals surface area contributed by atoms with Gasteiger partial charge in [0.15, 0.2) is 11.6 Å². The number of hydrogen-bond donors (Lipinski definition) is 0. The highest BCUT2D eigenvalue weighted by Gasteiger charge is 2.30. The number of carbonyl (C=O) groups excluding carboxylic acids is 2. The molecule has 9 nitrogen and oxygen atoms in total. The lowest BCUT2D eigenvalue weighted by molar-refractivity contribution is -0.133. The first-order valence-electron chi connectivity index (χ1n) is 9.61. The van der Waals surface area contributed by atoms with Crippen LogP contribution in [0, 0.1) is 5.92 Å². The summed E-state index contributed by atoms with van der Waals surface area (Å²) in [6.45, 7) is 4.92. The number of ketones is 1. The van der Waals surface area contributed by atoms with Gasteiger partial charge in [0, 0.05) is 32.1 Å². The lowest BCUT2D eigenvalue weighted by Gasteiger charge is -2.32. The zero-order chi connectivity index (χ0) is 19.3. The topological polar surface area (TPSA) is 93.5 Å². The van der Waals surface area contributed by atoms with Gasteiger partial charge >= 0.3 is 0 Å². The van der Waals surface area contributed by atoms with Gasteiger partial charge in [-0.2, -0.15) is 0 Å². The molecule has 0 bridgehead atoms. The van der Waals surface area contributed by atoms with Crippen LogP contribution in [0.1, 0.15) is 28.3 Å². The lowest BCUT2D eigenvalue weighted by atomic mass is 9.93. The Balaban J connectivity index is 1.36. The van der Waals surface area contributed by atoms with E-state index >= 15 is 0 Å². The largest absolute Gasteiger partial charge is 0.379 e. The third-order valence-electron chi connectivity index (χ3n) is 5.27. The van der Waals surface area contributed by atoms with Crippen molar-refractivity contribution in [2.45, 2.75) is 25.9 Å². The Kier molecular flexibility index (Phi) is 6.08. The summed E-state index contributed by atoms with van der Waals surface area (Å²) in [6, 6.07) is 3.74. The zero-order valence-electron chi connectivity index (χ0n) is 15.7. The Morgan fingerprint density at radius 1 is 1.25 bits per heavy atom. The Labute approximate surface area is 167 Å². The van der Waals surface area contributed by atoms with Crippen LogP contribution in [0.2, 0.25) is 0 Å². The Morgan fingerprint density at radius 2 is 2.11 bits per heavy atom. The Hall–Kier alpha value is -2.17. The van der Waals surface area contributed by atoms with Gasteiger partial charge in [-0.15, -0.1) is 16.4 Å². The number of nitrogens with zero attached hydrogens (tertiary/aromatic N) is 6. The van der Waals surface area contributed by atoms with E-state index in [1.165, 1.54) is 11.3 Å². The molecule has 10 heteroatoms. The maximum atomic E-state index is 12.8. The minimum absolute atomic E-state index is 0.0424. The fraction of sp³-hybridized carbons (Fsp3) is 0.611. The van der Waals surface area contributed by atoms with Crippen LogP contribution in [0.5, 0.6) is 0 Å². The average Bonchev–Trinajstić information content (AvgIpc) is 3.41. The minimum atomic E-state index is -0.127. The number of rotatable bonds is 6. The van der Waals surface area contributed by atoms with E-state index in [9.17, 15) is 9.59 Å². The van der Waals surface area contributed by atoms with Crippen LogP contribution in [0.3, 0.4) is 0 Å². The predicted octanol–water partition coefficient (Wildman–Crippen LogP) is 0.688. The molecule has 28 heavy (non-hydrogen) atoms. The maximum Gasteiger partial charge on any atom is 0.244 e. The number of tetrazole rings is 1. The van der Waals surface area contributed by atoms with Gasteiger partial charge in [-0.05, 0) is 34.7 Å². The molecule has 0 N–H and O–H groups in total. The van der Waals surface area contributed by atoms with Crippen molar-refractivity contribution in [3.05, 3.63) is 28.2 Å². The third-order valence-corrected chi connectivity index (χ3v) is 6.15. The second kappa shape index (κ2) is 8.89. The Morgan fingerprint density at radius 3 is 2.89 bits per heavy atom. The molecule has 0 aromatic carbocycles. The monoisotopic (exact) mass is 404 g/mol. The number of hydrogen-bond acceptors (Lipinski definition) is 8. The molecule has 0 radical (unpaired) electrons. The maximum absolute atomic E-state index is 12.8. The zero-order valence-corrected chi connectivity index (χ0v) is 16.5. The van der Waals surface area contributed by atoms with Gasteiger partial charge in [-0.25, -0.2) is 4.68 Å². The summed E-state index contributed by atoms with van der Waals surface area (Å²) in [5, 5.41) is 13.7. The van der Waals surface area contributed by atoms with Crippen LogP contribution in [-0.2, 0) is 22.6 Å². The summed E-state index contributed by atoms with van der Waals surface area (Å²) >= 11 is 1.46. The first kappa shape index (κ1) is 19.2. The summed E-state index contributed by atoms with van der Waals surface area (Å²) in [7, 11) is 0. The van der Waals surface area contributed by atoms with E-state index in [1.54, 1.807) is 9.58 Å². The molecule has 1 unspecified atom stereocenters. The molecule has 4 heterocycles. The van der Waals surface area contributed by atoms with Crippen molar-refractivity contribution in [3.63, 3.8) is 0 Å². The van der Waals surface area contributed by atoms with Crippen molar-refractivity contribution in [1.82, 2.24) is 30.0 Å². The summed E-state index contributed by atoms with van der Waals surface area (Å²) in [6.07, 6.45) is 1.66. The molecule has 0 aliphatic carbocycles. The molecule has 2 fully saturated rings. The van der Waals surface area contributed by atoms with Crippen LogP contribution >= 0.6 is 11.3 Å². The van der Waals surface area contributed by atoms with E-state index in [-0.39, 0.29) is 24.2 Å². The standard InChI is InChI=1S/C18H24N6O3S/c25-17(13-24-16(19-20-21-24)12-22-6-8-27-9-7-22)23-5-1-3-14(11-23)18(26)15-4-2-10-28-15/h2,4,10,14H,1,3,5-9,11-13H2. The second-order valence-electron chi connectivity index (χ2n) is 7.16. The van der Waals surface area contributed by atoms with Crippen molar-refractivity contribution in [3.8, 4) is 0 Å². The first-order chi connectivity index (χ1) is 13.7. The molecule has 0 spiro atoms. The highest BCUT2D eigenvalue weighted by molar-refractivity contribution is 7.12. The SMILES string of the molecule is O=C(c1cccs1)C1CCCN(C(=O)Cn2nnnc2CN2CCOCC2)C1. The van der Waals surface area contributed by atoms with E-state index in [0.29, 0.717) is 38.7 Å². The van der Waals surface area contributed by atoms with Gasteiger partial charge in [0.2, 0.25) is 5.91 Å². The number of piperidine rings is 1. The fourth-order valence-corrected chi connectivity index (χ4v) is 4.43. The van der Waals surface area contributed by atoms with E-state index in [0.717, 1.165) is 30.8 Å². The number of likely N-dealkylation sites (tertiary alicyclic amines) is 1. The molecule has 2 saturated heterocycles. The fourth-order valence-electron chi connectivity index (χ4n) is 3.68. The van der Waals surface area contributed by atoms with Gasteiger partial charge in [-0.3, -0.25) is 14.5 Å². The van der Waals surface area contributed by atoms with E-state index in [4.69, 9.17) is 4.74 Å². The van der Waals surface area contributed by atoms with E-state index < -0.39 is 0 Å². The quantitative estimate of drug-likeness (QED) is 0.654. The minimum Gasteiger partial charge on any atom is -0.379 e. The van der Waals surface area contributed by atoms with Crippen LogP contribution in [0.25, 0.3) is 0 Å². The van der Waals surface area contributed by atoms with Crippen molar-refractivity contribution in [1.29, 1.82) is 0 Å². The van der Waals surface area contributed by atoms with Gasteiger partial charge in [0.05, 0.1) is 24.6 Å². The molecule has 2 aromatic heterocycles. The van der Waals surface area contributed by atoms with Crippen molar-refractivity contribution >= 4 is 23.0 Å². The van der Waals surface area contributed by atoms with Crippen molar-refractivity contribution in [2.24, 2.45) is 5.92 Å². The van der Waals surface area contributed by atoms with Crippen LogP contribution in [-0.4, -0.2) is 81.1 Å². The highest BCUT2D eigenvalue weighted by atomic mass is 32.1. The normalized spacial score (nSPS) is 21.0. The first-order valence-corrected chi connectivity index (χ1v) is 10.5. The summed E-state index contributed by atoms with van der Waals surface area (Å²) in [4.78, 5) is 30.2.